The van der Waals surface area contributed by atoms with Crippen LogP contribution in [0, 0.1) is 11.8 Å². The molecule has 0 amide bonds. The number of pyridine rings is 1. The highest BCUT2D eigenvalue weighted by molar-refractivity contribution is 5.69. The van der Waals surface area contributed by atoms with Crippen LogP contribution in [0.25, 0.3) is 11.1 Å². The fourth-order valence-electron chi connectivity index (χ4n) is 4.87. The van der Waals surface area contributed by atoms with Crippen molar-refractivity contribution in [3.63, 3.8) is 0 Å². The van der Waals surface area contributed by atoms with Crippen molar-refractivity contribution in [2.45, 2.75) is 31.9 Å². The Morgan fingerprint density at radius 1 is 1.15 bits per heavy atom. The summed E-state index contributed by atoms with van der Waals surface area (Å²) in [6.45, 7) is 5.78. The molecule has 0 saturated carbocycles. The molecule has 4 heterocycles. The maximum Gasteiger partial charge on any atom is 0.237 e. The number of aryl methyl sites for hydroxylation is 1. The third-order valence-electron chi connectivity index (χ3n) is 6.91. The van der Waals surface area contributed by atoms with Crippen LogP contribution in [0.15, 0.2) is 55.0 Å². The van der Waals surface area contributed by atoms with Gasteiger partial charge in [0.15, 0.2) is 0 Å². The number of anilines is 1. The van der Waals surface area contributed by atoms with Gasteiger partial charge in [-0.25, -0.2) is 4.98 Å². The third kappa shape index (κ3) is 5.04. The molecule has 0 aliphatic carbocycles. The number of nitrogens with one attached hydrogen (secondary N) is 2. The molecule has 3 aromatic rings. The van der Waals surface area contributed by atoms with E-state index in [1.165, 1.54) is 5.56 Å². The average molecular weight is 448 g/mol. The fraction of sp³-hybridized carbons (Fsp3) is 0.462. The Labute approximate surface area is 195 Å². The van der Waals surface area contributed by atoms with Gasteiger partial charge in [0.1, 0.15) is 6.10 Å². The first-order valence-electron chi connectivity index (χ1n) is 11.9. The number of ether oxygens (including phenoxy) is 2. The van der Waals surface area contributed by atoms with E-state index in [2.05, 4.69) is 64.0 Å². The molecular formula is C26H33N5O2. The Kier molecular flexibility index (Phi) is 6.60. The average Bonchev–Trinajstić information content (AvgIpc) is 3.31. The summed E-state index contributed by atoms with van der Waals surface area (Å²) in [4.78, 5) is 4.64. The van der Waals surface area contributed by atoms with Crippen LogP contribution >= 0.6 is 0 Å². The van der Waals surface area contributed by atoms with Crippen LogP contribution in [0.3, 0.4) is 0 Å². The Bertz CT molecular complexity index is 1050. The molecule has 7 heteroatoms. The number of rotatable bonds is 7. The van der Waals surface area contributed by atoms with E-state index in [1.54, 1.807) is 4.68 Å². The summed E-state index contributed by atoms with van der Waals surface area (Å²) in [5.74, 6) is 1.95. The van der Waals surface area contributed by atoms with Crippen molar-refractivity contribution in [1.82, 2.24) is 20.1 Å². The normalized spacial score (nSPS) is 20.4. The molecule has 33 heavy (non-hydrogen) atoms. The van der Waals surface area contributed by atoms with Crippen LogP contribution in [-0.2, 0) is 11.8 Å². The van der Waals surface area contributed by atoms with Crippen LogP contribution < -0.4 is 15.4 Å². The lowest BCUT2D eigenvalue weighted by atomic mass is 9.87. The Hall–Kier alpha value is -2.90. The minimum absolute atomic E-state index is 0.0569. The van der Waals surface area contributed by atoms with Gasteiger partial charge in [-0.05, 0) is 42.9 Å². The highest BCUT2D eigenvalue weighted by atomic mass is 16.5. The van der Waals surface area contributed by atoms with Gasteiger partial charge in [-0.2, -0.15) is 5.10 Å². The second-order valence-corrected chi connectivity index (χ2v) is 9.24. The van der Waals surface area contributed by atoms with Crippen molar-refractivity contribution >= 4 is 5.69 Å². The monoisotopic (exact) mass is 447 g/mol. The highest BCUT2D eigenvalue weighted by Gasteiger charge is 2.31. The van der Waals surface area contributed by atoms with Gasteiger partial charge in [0.05, 0.1) is 24.5 Å². The lowest BCUT2D eigenvalue weighted by molar-refractivity contribution is 0.0477. The van der Waals surface area contributed by atoms with Crippen molar-refractivity contribution in [3.05, 3.63) is 60.6 Å². The molecule has 1 aromatic carbocycles. The minimum atomic E-state index is -0.0569. The molecule has 2 aliphatic rings. The van der Waals surface area contributed by atoms with Crippen molar-refractivity contribution in [2.75, 3.05) is 31.6 Å². The quantitative estimate of drug-likeness (QED) is 0.569. The summed E-state index contributed by atoms with van der Waals surface area (Å²) in [6, 6.07) is 12.8. The van der Waals surface area contributed by atoms with E-state index in [0.29, 0.717) is 24.3 Å². The van der Waals surface area contributed by atoms with E-state index in [1.807, 2.05) is 25.6 Å². The Morgan fingerprint density at radius 3 is 2.73 bits per heavy atom. The van der Waals surface area contributed by atoms with E-state index in [4.69, 9.17) is 9.47 Å². The summed E-state index contributed by atoms with van der Waals surface area (Å²) in [5, 5.41) is 11.7. The van der Waals surface area contributed by atoms with E-state index in [0.717, 1.165) is 49.4 Å². The van der Waals surface area contributed by atoms with Gasteiger partial charge >= 0.3 is 0 Å². The first-order valence-corrected chi connectivity index (χ1v) is 11.9. The molecule has 2 N–H and O–H groups in total. The molecule has 2 aliphatic heterocycles. The predicted molar refractivity (Wildman–Crippen MR) is 129 cm³/mol. The molecule has 0 bridgehead atoms. The SMILES string of the molecule is C[C@@H](CN[C@H](c1ccccc1)[C@@H]1CNc2cc(-c3cnn(C)c3)cnc2O1)C1CCOCC1. The molecule has 5 rings (SSSR count). The summed E-state index contributed by atoms with van der Waals surface area (Å²) in [5.41, 5.74) is 4.23. The standard InChI is InChI=1S/C26H33N5O2/c1-18(19-8-10-32-11-9-19)13-28-25(20-6-4-3-5-7-20)24-16-27-23-12-21(14-29-26(23)33-24)22-15-30-31(2)17-22/h3-7,12,14-15,17-19,24-25,27-28H,8-11,13,16H2,1-2H3/t18-,24-,25+/m0/s1. The lowest BCUT2D eigenvalue weighted by Crippen LogP contribution is -2.44. The van der Waals surface area contributed by atoms with E-state index in [-0.39, 0.29) is 12.1 Å². The minimum Gasteiger partial charge on any atom is -0.469 e. The number of nitrogens with zero attached hydrogens (tertiary/aromatic N) is 3. The zero-order valence-electron chi connectivity index (χ0n) is 19.4. The summed E-state index contributed by atoms with van der Waals surface area (Å²) in [6.07, 6.45) is 7.94. The van der Waals surface area contributed by atoms with Crippen LogP contribution in [-0.4, -0.2) is 47.2 Å². The summed E-state index contributed by atoms with van der Waals surface area (Å²) >= 11 is 0. The lowest BCUT2D eigenvalue weighted by Gasteiger charge is -2.35. The van der Waals surface area contributed by atoms with Gasteiger partial charge < -0.3 is 20.1 Å². The first kappa shape index (κ1) is 21.9. The molecule has 1 saturated heterocycles. The molecule has 0 unspecified atom stereocenters. The molecule has 1 fully saturated rings. The number of fused-ring (bicyclic) bond motifs is 1. The van der Waals surface area contributed by atoms with Crippen molar-refractivity contribution in [1.29, 1.82) is 0 Å². The summed E-state index contributed by atoms with van der Waals surface area (Å²) in [7, 11) is 1.92. The molecule has 2 aromatic heterocycles. The Morgan fingerprint density at radius 2 is 1.97 bits per heavy atom. The second kappa shape index (κ2) is 9.93. The largest absolute Gasteiger partial charge is 0.469 e. The Balaban J connectivity index is 1.31. The van der Waals surface area contributed by atoms with Crippen LogP contribution in [0.5, 0.6) is 5.88 Å². The van der Waals surface area contributed by atoms with Crippen LogP contribution in [0.1, 0.15) is 31.4 Å². The van der Waals surface area contributed by atoms with Crippen LogP contribution in [0.2, 0.25) is 0 Å². The second-order valence-electron chi connectivity index (χ2n) is 9.24. The molecule has 7 nitrogen and oxygen atoms in total. The van der Waals surface area contributed by atoms with Gasteiger partial charge in [0, 0.05) is 43.8 Å². The van der Waals surface area contributed by atoms with Crippen molar-refractivity contribution < 1.29 is 9.47 Å². The summed E-state index contributed by atoms with van der Waals surface area (Å²) < 4.78 is 13.8. The topological polar surface area (TPSA) is 73.2 Å². The maximum atomic E-state index is 6.45. The van der Waals surface area contributed by atoms with Crippen LogP contribution in [0.4, 0.5) is 5.69 Å². The smallest absolute Gasteiger partial charge is 0.237 e. The number of benzene rings is 1. The number of hydrogen-bond acceptors (Lipinski definition) is 6. The van der Waals surface area contributed by atoms with Gasteiger partial charge in [-0.15, -0.1) is 0 Å². The van der Waals surface area contributed by atoms with E-state index >= 15 is 0 Å². The molecule has 0 spiro atoms. The molecule has 174 valence electrons. The zero-order chi connectivity index (χ0) is 22.6. The maximum absolute atomic E-state index is 6.45. The van der Waals surface area contributed by atoms with E-state index < -0.39 is 0 Å². The zero-order valence-corrected chi connectivity index (χ0v) is 19.4. The third-order valence-corrected chi connectivity index (χ3v) is 6.91. The predicted octanol–water partition coefficient (Wildman–Crippen LogP) is 4.05. The highest BCUT2D eigenvalue weighted by Crippen LogP contribution is 2.34. The van der Waals surface area contributed by atoms with Gasteiger partial charge in [0.25, 0.3) is 0 Å². The van der Waals surface area contributed by atoms with E-state index in [9.17, 15) is 0 Å². The van der Waals surface area contributed by atoms with Crippen molar-refractivity contribution in [3.8, 4) is 17.0 Å². The number of hydrogen-bond donors (Lipinski definition) is 2. The fourth-order valence-corrected chi connectivity index (χ4v) is 4.87. The van der Waals surface area contributed by atoms with Gasteiger partial charge in [0.2, 0.25) is 5.88 Å². The van der Waals surface area contributed by atoms with Gasteiger partial charge in [-0.1, -0.05) is 37.3 Å². The first-order chi connectivity index (χ1) is 16.2. The molecule has 3 atom stereocenters. The molecule has 0 radical (unpaired) electrons. The number of aromatic nitrogens is 3. The van der Waals surface area contributed by atoms with Gasteiger partial charge in [-0.3, -0.25) is 4.68 Å². The molecular weight excluding hydrogens is 414 g/mol. The van der Waals surface area contributed by atoms with Crippen molar-refractivity contribution in [2.24, 2.45) is 18.9 Å².